The third-order valence-electron chi connectivity index (χ3n) is 3.79. The number of nitrogens with zero attached hydrogens (tertiary/aromatic N) is 1. The molecule has 4 nitrogen and oxygen atoms in total. The largest absolute Gasteiger partial charge is 0.287 e. The lowest BCUT2D eigenvalue weighted by molar-refractivity contribution is 0.106. The molecule has 0 saturated heterocycles. The lowest BCUT2D eigenvalue weighted by Crippen LogP contribution is -2.12. The number of benzene rings is 2. The number of ketones is 1. The summed E-state index contributed by atoms with van der Waals surface area (Å²) in [6.07, 6.45) is 4.62. The third-order valence-corrected chi connectivity index (χ3v) is 5.66. The van der Waals surface area contributed by atoms with Crippen LogP contribution in [0.25, 0.3) is 11.1 Å². The van der Waals surface area contributed by atoms with Gasteiger partial charge in [0.15, 0.2) is 0 Å². The molecular weight excluding hydrogens is 322 g/mol. The zero-order chi connectivity index (χ0) is 17.3. The smallest absolute Gasteiger partial charge is 0.211 e. The Balaban J connectivity index is 2.17. The molecule has 0 aliphatic carbocycles. The van der Waals surface area contributed by atoms with E-state index < -0.39 is 9.84 Å². The molecule has 0 amide bonds. The molecule has 0 N–H and O–H groups in total. The van der Waals surface area contributed by atoms with Crippen molar-refractivity contribution in [2.24, 2.45) is 4.99 Å². The van der Waals surface area contributed by atoms with E-state index in [-0.39, 0.29) is 21.3 Å². The van der Waals surface area contributed by atoms with E-state index in [9.17, 15) is 13.2 Å². The summed E-state index contributed by atoms with van der Waals surface area (Å²) in [7, 11) is -3.52. The van der Waals surface area contributed by atoms with Crippen molar-refractivity contribution < 1.29 is 13.2 Å². The van der Waals surface area contributed by atoms with Crippen molar-refractivity contribution in [1.29, 1.82) is 0 Å². The lowest BCUT2D eigenvalue weighted by Gasteiger charge is -2.04. The summed E-state index contributed by atoms with van der Waals surface area (Å²) in [6.45, 7) is 5.30. The summed E-state index contributed by atoms with van der Waals surface area (Å²) in [4.78, 5) is 17.1. The predicted octanol–water partition coefficient (Wildman–Crippen LogP) is 3.84. The van der Waals surface area contributed by atoms with Gasteiger partial charge in [0, 0.05) is 22.9 Å². The van der Waals surface area contributed by atoms with Gasteiger partial charge in [-0.1, -0.05) is 30.9 Å². The second-order valence-corrected chi connectivity index (χ2v) is 7.12. The van der Waals surface area contributed by atoms with Crippen LogP contribution in [-0.2, 0) is 9.84 Å². The van der Waals surface area contributed by atoms with Crippen molar-refractivity contribution in [1.82, 2.24) is 0 Å². The molecular formula is C19H15NO3S. The van der Waals surface area contributed by atoms with Crippen molar-refractivity contribution in [2.75, 3.05) is 0 Å². The summed E-state index contributed by atoms with van der Waals surface area (Å²) in [5, 5.41) is 0. The van der Waals surface area contributed by atoms with Gasteiger partial charge in [0.05, 0.1) is 9.79 Å². The van der Waals surface area contributed by atoms with Crippen molar-refractivity contribution in [3.8, 4) is 11.1 Å². The SMILES string of the molecule is C=CN=C(/C=C\C)C(=O)c1ccc2c(c1)-c1ccccc1S2(=O)=O. The number of carbonyl (C=O) groups excluding carboxylic acids is 1. The molecule has 2 aromatic carbocycles. The van der Waals surface area contributed by atoms with Crippen LogP contribution in [0, 0.1) is 0 Å². The topological polar surface area (TPSA) is 63.6 Å². The molecule has 3 rings (SSSR count). The number of aliphatic imine (C=N–C) groups is 1. The van der Waals surface area contributed by atoms with Crippen LogP contribution in [0.2, 0.25) is 0 Å². The highest BCUT2D eigenvalue weighted by Gasteiger charge is 2.33. The van der Waals surface area contributed by atoms with Crippen LogP contribution < -0.4 is 0 Å². The van der Waals surface area contributed by atoms with Gasteiger partial charge in [-0.25, -0.2) is 8.42 Å². The Morgan fingerprint density at radius 1 is 1.08 bits per heavy atom. The van der Waals surface area contributed by atoms with E-state index >= 15 is 0 Å². The number of hydrogen-bond donors (Lipinski definition) is 0. The molecule has 1 aliphatic rings. The zero-order valence-corrected chi connectivity index (χ0v) is 13.9. The summed E-state index contributed by atoms with van der Waals surface area (Å²) in [5.41, 5.74) is 1.81. The molecule has 0 unspecified atom stereocenters. The van der Waals surface area contributed by atoms with Gasteiger partial charge in [0.1, 0.15) is 5.71 Å². The second kappa shape index (κ2) is 6.02. The zero-order valence-electron chi connectivity index (χ0n) is 13.1. The molecule has 0 saturated carbocycles. The highest BCUT2D eigenvalue weighted by atomic mass is 32.2. The molecule has 5 heteroatoms. The highest BCUT2D eigenvalue weighted by molar-refractivity contribution is 7.92. The number of sulfone groups is 1. The molecule has 0 fully saturated rings. The Morgan fingerprint density at radius 3 is 2.50 bits per heavy atom. The maximum absolute atomic E-state index is 12.6. The number of carbonyl (C=O) groups is 1. The van der Waals surface area contributed by atoms with Crippen LogP contribution in [0.1, 0.15) is 17.3 Å². The van der Waals surface area contributed by atoms with E-state index in [2.05, 4.69) is 11.6 Å². The number of hydrogen-bond acceptors (Lipinski definition) is 4. The van der Waals surface area contributed by atoms with Gasteiger partial charge in [-0.15, -0.1) is 0 Å². The Bertz CT molecular complexity index is 1010. The molecule has 0 radical (unpaired) electrons. The lowest BCUT2D eigenvalue weighted by atomic mass is 9.99. The fraction of sp³-hybridized carbons (Fsp3) is 0.0526. The fourth-order valence-corrected chi connectivity index (χ4v) is 4.41. The van der Waals surface area contributed by atoms with Gasteiger partial charge in [0.2, 0.25) is 15.6 Å². The maximum atomic E-state index is 12.6. The van der Waals surface area contributed by atoms with Crippen molar-refractivity contribution in [3.05, 3.63) is 73.0 Å². The first-order valence-corrected chi connectivity index (χ1v) is 8.83. The van der Waals surface area contributed by atoms with Gasteiger partial charge in [-0.05, 0) is 37.3 Å². The van der Waals surface area contributed by atoms with Gasteiger partial charge < -0.3 is 0 Å². The summed E-state index contributed by atoms with van der Waals surface area (Å²) in [5.74, 6) is -0.280. The first-order chi connectivity index (χ1) is 11.5. The van der Waals surface area contributed by atoms with Crippen molar-refractivity contribution in [2.45, 2.75) is 16.7 Å². The molecule has 120 valence electrons. The van der Waals surface area contributed by atoms with E-state index in [1.807, 2.05) is 0 Å². The van der Waals surface area contributed by atoms with Crippen molar-refractivity contribution >= 4 is 21.3 Å². The summed E-state index contributed by atoms with van der Waals surface area (Å²) >= 11 is 0. The Labute approximate surface area is 140 Å². The molecule has 0 aromatic heterocycles. The summed E-state index contributed by atoms with van der Waals surface area (Å²) in [6, 6.07) is 11.4. The number of fused-ring (bicyclic) bond motifs is 3. The molecule has 2 aromatic rings. The van der Waals surface area contributed by atoms with Gasteiger partial charge >= 0.3 is 0 Å². The minimum Gasteiger partial charge on any atom is -0.287 e. The average Bonchev–Trinajstić information content (AvgIpc) is 2.82. The fourth-order valence-electron chi connectivity index (χ4n) is 2.74. The molecule has 24 heavy (non-hydrogen) atoms. The van der Waals surface area contributed by atoms with Crippen LogP contribution in [0.3, 0.4) is 0 Å². The monoisotopic (exact) mass is 337 g/mol. The van der Waals surface area contributed by atoms with Crippen LogP contribution in [0.5, 0.6) is 0 Å². The number of allylic oxidation sites excluding steroid dienone is 2. The van der Waals surface area contributed by atoms with Crippen LogP contribution in [0.15, 0.2) is 82.2 Å². The molecule has 0 bridgehead atoms. The van der Waals surface area contributed by atoms with Crippen molar-refractivity contribution in [3.63, 3.8) is 0 Å². The minimum atomic E-state index is -3.52. The predicted molar refractivity (Wildman–Crippen MR) is 94.1 cm³/mol. The van der Waals surface area contributed by atoms with Crippen LogP contribution >= 0.6 is 0 Å². The highest BCUT2D eigenvalue weighted by Crippen LogP contribution is 2.43. The normalized spacial score (nSPS) is 15.1. The summed E-state index contributed by atoms with van der Waals surface area (Å²) < 4.78 is 25.1. The van der Waals surface area contributed by atoms with E-state index in [0.29, 0.717) is 16.7 Å². The Morgan fingerprint density at radius 2 is 1.79 bits per heavy atom. The van der Waals surface area contributed by atoms with Crippen LogP contribution in [-0.4, -0.2) is 19.9 Å². The Kier molecular flexibility index (Phi) is 4.03. The number of Topliss-reactive ketones (excluding diaryl/α,β-unsaturated/α-hetero) is 1. The van der Waals surface area contributed by atoms with E-state index in [1.54, 1.807) is 49.4 Å². The van der Waals surface area contributed by atoms with E-state index in [0.717, 1.165) is 0 Å². The average molecular weight is 337 g/mol. The maximum Gasteiger partial charge on any atom is 0.211 e. The van der Waals surface area contributed by atoms with Gasteiger partial charge in [0.25, 0.3) is 0 Å². The van der Waals surface area contributed by atoms with E-state index in [4.69, 9.17) is 0 Å². The molecule has 1 aliphatic heterocycles. The first kappa shape index (κ1) is 16.1. The Hall–Kier alpha value is -2.79. The molecule has 0 spiro atoms. The molecule has 0 atom stereocenters. The second-order valence-electron chi connectivity index (χ2n) is 5.24. The minimum absolute atomic E-state index is 0.230. The quantitative estimate of drug-likeness (QED) is 0.537. The number of rotatable bonds is 4. The third kappa shape index (κ3) is 2.43. The van der Waals surface area contributed by atoms with Gasteiger partial charge in [-0.3, -0.25) is 9.79 Å². The van der Waals surface area contributed by atoms with Gasteiger partial charge in [-0.2, -0.15) is 0 Å². The van der Waals surface area contributed by atoms with E-state index in [1.165, 1.54) is 18.3 Å². The molecule has 1 heterocycles. The first-order valence-electron chi connectivity index (χ1n) is 7.35. The standard InChI is InChI=1S/C19H15NO3S/c1-3-7-16(20-4-2)19(21)13-10-11-18-15(12-13)14-8-5-6-9-17(14)24(18,22)23/h3-12H,2H2,1H3/b7-3-,20-16?. The van der Waals surface area contributed by atoms with Crippen LogP contribution in [0.4, 0.5) is 0 Å².